The molecule has 0 aliphatic rings. The average Bonchev–Trinajstić information content (AvgIpc) is 2.65. The summed E-state index contributed by atoms with van der Waals surface area (Å²) < 4.78 is 10.3. The molecule has 134 valence electrons. The molecular weight excluding hydrogens is 330 g/mol. The van der Waals surface area contributed by atoms with Gasteiger partial charge in [-0.15, -0.1) is 0 Å². The summed E-state index contributed by atoms with van der Waals surface area (Å²) in [6, 6.07) is 10.4. The summed E-state index contributed by atoms with van der Waals surface area (Å²) in [7, 11) is 0. The molecule has 0 aliphatic heterocycles. The monoisotopic (exact) mass is 351 g/mol. The smallest absolute Gasteiger partial charge is 0.344 e. The Kier molecular flexibility index (Phi) is 6.13. The number of nitrogens with zero attached hydrogens (tertiary/aromatic N) is 1. The summed E-state index contributed by atoms with van der Waals surface area (Å²) in [5.41, 5.74) is 5.04. The fourth-order valence-electron chi connectivity index (χ4n) is 2.59. The maximum absolute atomic E-state index is 12.4. The van der Waals surface area contributed by atoms with Crippen molar-refractivity contribution >= 4 is 11.8 Å². The second-order valence-corrected chi connectivity index (χ2v) is 6.10. The predicted molar refractivity (Wildman–Crippen MR) is 97.3 cm³/mol. The Hall–Kier alpha value is -3.13. The Morgan fingerprint density at radius 3 is 2.38 bits per heavy atom. The zero-order chi connectivity index (χ0) is 19.3. The minimum absolute atomic E-state index is 0.250. The number of benzene rings is 2. The summed E-state index contributed by atoms with van der Waals surface area (Å²) in [4.78, 5) is 24.2. The SMILES string of the molecule is Cc1cc(C(=O)COC(=O)COc2ccccc2C#N)c(C)c(C)c1C. The third-order valence-corrected chi connectivity index (χ3v) is 4.50. The average molecular weight is 351 g/mol. The van der Waals surface area contributed by atoms with Gasteiger partial charge in [0.2, 0.25) is 5.78 Å². The van der Waals surface area contributed by atoms with E-state index in [1.165, 1.54) is 0 Å². The second-order valence-electron chi connectivity index (χ2n) is 6.10. The molecule has 2 rings (SSSR count). The Labute approximate surface area is 153 Å². The van der Waals surface area contributed by atoms with Crippen LogP contribution in [0.3, 0.4) is 0 Å². The summed E-state index contributed by atoms with van der Waals surface area (Å²) >= 11 is 0. The zero-order valence-electron chi connectivity index (χ0n) is 15.4. The number of para-hydroxylation sites is 1. The first-order valence-corrected chi connectivity index (χ1v) is 8.23. The number of aryl methyl sites for hydroxylation is 1. The number of ether oxygens (including phenoxy) is 2. The Morgan fingerprint density at radius 2 is 1.69 bits per heavy atom. The van der Waals surface area contributed by atoms with E-state index in [1.54, 1.807) is 24.3 Å². The summed E-state index contributed by atoms with van der Waals surface area (Å²) in [5, 5.41) is 8.99. The minimum Gasteiger partial charge on any atom is -0.481 e. The van der Waals surface area contributed by atoms with Gasteiger partial charge in [-0.05, 0) is 68.1 Å². The molecule has 0 amide bonds. The van der Waals surface area contributed by atoms with Crippen LogP contribution in [0.25, 0.3) is 0 Å². The van der Waals surface area contributed by atoms with E-state index < -0.39 is 5.97 Å². The molecule has 0 saturated carbocycles. The minimum atomic E-state index is -0.663. The normalized spacial score (nSPS) is 10.1. The number of carbonyl (C=O) groups excluding carboxylic acids is 2. The number of ketones is 1. The molecule has 0 radical (unpaired) electrons. The van der Waals surface area contributed by atoms with Crippen LogP contribution >= 0.6 is 0 Å². The van der Waals surface area contributed by atoms with E-state index >= 15 is 0 Å². The van der Waals surface area contributed by atoms with Crippen molar-refractivity contribution in [1.82, 2.24) is 0 Å². The van der Waals surface area contributed by atoms with Crippen LogP contribution in [0.5, 0.6) is 5.75 Å². The molecule has 5 heteroatoms. The van der Waals surface area contributed by atoms with Gasteiger partial charge in [0.05, 0.1) is 5.56 Å². The van der Waals surface area contributed by atoms with Crippen molar-refractivity contribution in [1.29, 1.82) is 5.26 Å². The van der Waals surface area contributed by atoms with Crippen molar-refractivity contribution in [3.05, 3.63) is 63.7 Å². The molecule has 0 atom stereocenters. The van der Waals surface area contributed by atoms with Gasteiger partial charge in [-0.25, -0.2) is 4.79 Å². The van der Waals surface area contributed by atoms with Crippen molar-refractivity contribution in [3.8, 4) is 11.8 Å². The van der Waals surface area contributed by atoms with Crippen LogP contribution in [-0.4, -0.2) is 25.0 Å². The lowest BCUT2D eigenvalue weighted by Crippen LogP contribution is -2.20. The van der Waals surface area contributed by atoms with Crippen molar-refractivity contribution < 1.29 is 19.1 Å². The number of nitriles is 1. The molecule has 0 spiro atoms. The lowest BCUT2D eigenvalue weighted by molar-refractivity contribution is -0.144. The van der Waals surface area contributed by atoms with E-state index in [0.29, 0.717) is 16.9 Å². The van der Waals surface area contributed by atoms with Gasteiger partial charge in [0.1, 0.15) is 11.8 Å². The molecule has 0 aliphatic carbocycles. The van der Waals surface area contributed by atoms with Crippen LogP contribution in [0.2, 0.25) is 0 Å². The fraction of sp³-hybridized carbons (Fsp3) is 0.286. The molecule has 0 bridgehead atoms. The highest BCUT2D eigenvalue weighted by atomic mass is 16.6. The van der Waals surface area contributed by atoms with Crippen molar-refractivity contribution in [2.45, 2.75) is 27.7 Å². The molecular formula is C21H21NO4. The maximum atomic E-state index is 12.4. The highest BCUT2D eigenvalue weighted by molar-refractivity contribution is 5.99. The van der Waals surface area contributed by atoms with Crippen LogP contribution in [0.1, 0.15) is 38.2 Å². The summed E-state index contributed by atoms with van der Waals surface area (Å²) in [6.45, 7) is 7.12. The molecule has 2 aromatic rings. The van der Waals surface area contributed by atoms with Crippen LogP contribution in [0.15, 0.2) is 30.3 Å². The van der Waals surface area contributed by atoms with Gasteiger partial charge in [0.25, 0.3) is 0 Å². The largest absolute Gasteiger partial charge is 0.481 e. The molecule has 0 fully saturated rings. The van der Waals surface area contributed by atoms with E-state index in [2.05, 4.69) is 0 Å². The molecule has 0 N–H and O–H groups in total. The Morgan fingerprint density at radius 1 is 1.00 bits per heavy atom. The Balaban J connectivity index is 1.96. The number of hydrogen-bond acceptors (Lipinski definition) is 5. The van der Waals surface area contributed by atoms with Gasteiger partial charge < -0.3 is 9.47 Å². The van der Waals surface area contributed by atoms with Gasteiger partial charge in [-0.3, -0.25) is 4.79 Å². The molecule has 0 unspecified atom stereocenters. The number of hydrogen-bond donors (Lipinski definition) is 0. The summed E-state index contributed by atoms with van der Waals surface area (Å²) in [5.74, 6) is -0.609. The van der Waals surface area contributed by atoms with Gasteiger partial charge in [0.15, 0.2) is 13.2 Å². The van der Waals surface area contributed by atoms with Gasteiger partial charge in [0, 0.05) is 5.56 Å². The highest BCUT2D eigenvalue weighted by Gasteiger charge is 2.16. The van der Waals surface area contributed by atoms with Gasteiger partial charge in [-0.1, -0.05) is 12.1 Å². The highest BCUT2D eigenvalue weighted by Crippen LogP contribution is 2.21. The number of rotatable bonds is 6. The van der Waals surface area contributed by atoms with Crippen molar-refractivity contribution in [2.75, 3.05) is 13.2 Å². The van der Waals surface area contributed by atoms with Crippen LogP contribution in [-0.2, 0) is 9.53 Å². The first-order chi connectivity index (χ1) is 12.3. The molecule has 0 heterocycles. The standard InChI is InChI=1S/C21H21NO4/c1-13-9-18(16(4)15(3)14(13)2)19(23)11-26-21(24)12-25-20-8-6-5-7-17(20)10-22/h5-9H,11-12H2,1-4H3. The quantitative estimate of drug-likeness (QED) is 0.587. The van der Waals surface area contributed by atoms with E-state index in [9.17, 15) is 9.59 Å². The molecule has 2 aromatic carbocycles. The molecule has 0 saturated heterocycles. The number of carbonyl (C=O) groups is 2. The van der Waals surface area contributed by atoms with Crippen LogP contribution < -0.4 is 4.74 Å². The third kappa shape index (κ3) is 4.28. The van der Waals surface area contributed by atoms with Crippen molar-refractivity contribution in [3.63, 3.8) is 0 Å². The molecule has 5 nitrogen and oxygen atoms in total. The second kappa shape index (κ2) is 8.30. The van der Waals surface area contributed by atoms with Gasteiger partial charge in [-0.2, -0.15) is 5.26 Å². The lowest BCUT2D eigenvalue weighted by atomic mass is 9.93. The van der Waals surface area contributed by atoms with E-state index in [-0.39, 0.29) is 19.0 Å². The third-order valence-electron chi connectivity index (χ3n) is 4.50. The maximum Gasteiger partial charge on any atom is 0.344 e. The first kappa shape index (κ1) is 19.2. The number of Topliss-reactive ketones (excluding diaryl/α,β-unsaturated/α-hetero) is 1. The lowest BCUT2D eigenvalue weighted by Gasteiger charge is -2.13. The first-order valence-electron chi connectivity index (χ1n) is 8.23. The summed E-state index contributed by atoms with van der Waals surface area (Å²) in [6.07, 6.45) is 0. The zero-order valence-corrected chi connectivity index (χ0v) is 15.4. The fourth-order valence-corrected chi connectivity index (χ4v) is 2.59. The van der Waals surface area contributed by atoms with Crippen molar-refractivity contribution in [2.24, 2.45) is 0 Å². The Bertz CT molecular complexity index is 894. The van der Waals surface area contributed by atoms with Crippen LogP contribution in [0, 0.1) is 39.0 Å². The topological polar surface area (TPSA) is 76.4 Å². The van der Waals surface area contributed by atoms with Crippen LogP contribution in [0.4, 0.5) is 0 Å². The van der Waals surface area contributed by atoms with E-state index in [0.717, 1.165) is 22.3 Å². The predicted octanol–water partition coefficient (Wildman–Crippen LogP) is 3.60. The number of esters is 1. The van der Waals surface area contributed by atoms with E-state index in [4.69, 9.17) is 14.7 Å². The molecule has 0 aromatic heterocycles. The molecule has 26 heavy (non-hydrogen) atoms. The van der Waals surface area contributed by atoms with Gasteiger partial charge >= 0.3 is 5.97 Å². The van der Waals surface area contributed by atoms with E-state index in [1.807, 2.05) is 39.8 Å².